The van der Waals surface area contributed by atoms with Crippen LogP contribution in [0.2, 0.25) is 0 Å². The third kappa shape index (κ3) is 1.42. The van der Waals surface area contributed by atoms with E-state index < -0.39 is 0 Å². The van der Waals surface area contributed by atoms with E-state index in [1.807, 2.05) is 7.05 Å². The molecule has 0 aliphatic carbocycles. The lowest BCUT2D eigenvalue weighted by molar-refractivity contribution is 1.38. The van der Waals surface area contributed by atoms with Crippen molar-refractivity contribution < 1.29 is 0 Å². The molecule has 0 atom stereocenters. The van der Waals surface area contributed by atoms with Crippen LogP contribution in [0.3, 0.4) is 0 Å². The van der Waals surface area contributed by atoms with Gasteiger partial charge in [-0.15, -0.1) is 0 Å². The number of halogens is 1. The molecule has 0 saturated heterocycles. The lowest BCUT2D eigenvalue weighted by Crippen LogP contribution is -1.92. The van der Waals surface area contributed by atoms with Crippen molar-refractivity contribution in [1.29, 1.82) is 0 Å². The molecule has 0 amide bonds. The Kier molecular flexibility index (Phi) is 2.54. The van der Waals surface area contributed by atoms with E-state index in [4.69, 9.17) is 0 Å². The maximum absolute atomic E-state index is 3.13. The van der Waals surface area contributed by atoms with Crippen molar-refractivity contribution in [2.45, 2.75) is 6.92 Å². The minimum atomic E-state index is 1.21. The third-order valence-electron chi connectivity index (χ3n) is 1.54. The highest BCUT2D eigenvalue weighted by Gasteiger charge is 1.96. The zero-order valence-electron chi connectivity index (χ0n) is 6.11. The summed E-state index contributed by atoms with van der Waals surface area (Å²) in [5.41, 5.74) is 2.54. The molecule has 1 N–H and O–H groups in total. The van der Waals surface area contributed by atoms with E-state index in [2.05, 4.69) is 53.0 Å². The van der Waals surface area contributed by atoms with Crippen molar-refractivity contribution in [1.82, 2.24) is 0 Å². The molecule has 10 heavy (non-hydrogen) atoms. The van der Waals surface area contributed by atoms with Crippen LogP contribution in [0.1, 0.15) is 5.56 Å². The summed E-state index contributed by atoms with van der Waals surface area (Å²) in [5, 5.41) is 3.13. The van der Waals surface area contributed by atoms with Crippen LogP contribution < -0.4 is 5.32 Å². The largest absolute Gasteiger partial charge is 0.388 e. The molecule has 2 heteroatoms. The summed E-state index contributed by atoms with van der Waals surface area (Å²) in [7, 11) is 1.94. The molecule has 0 unspecified atom stereocenters. The van der Waals surface area contributed by atoms with Crippen molar-refractivity contribution in [2.75, 3.05) is 12.4 Å². The molecule has 0 aliphatic rings. The third-order valence-corrected chi connectivity index (χ3v) is 2.71. The van der Waals surface area contributed by atoms with Gasteiger partial charge < -0.3 is 5.32 Å². The smallest absolute Gasteiger partial charge is 0.0377 e. The van der Waals surface area contributed by atoms with Crippen molar-refractivity contribution in [3.8, 4) is 0 Å². The molecule has 1 aromatic carbocycles. The maximum atomic E-state index is 3.13. The first-order valence-electron chi connectivity index (χ1n) is 3.18. The summed E-state index contributed by atoms with van der Waals surface area (Å²) in [6.45, 7) is 2.12. The summed E-state index contributed by atoms with van der Waals surface area (Å²) in [6, 6.07) is 6.24. The Morgan fingerprint density at radius 3 is 2.60 bits per heavy atom. The number of hydrogen-bond donors (Lipinski definition) is 1. The fourth-order valence-electron chi connectivity index (χ4n) is 0.878. The van der Waals surface area contributed by atoms with E-state index >= 15 is 0 Å². The highest BCUT2D eigenvalue weighted by atomic mass is 127. The highest BCUT2D eigenvalue weighted by molar-refractivity contribution is 14.1. The molecule has 0 saturated carbocycles. The van der Waals surface area contributed by atoms with Gasteiger partial charge in [-0.1, -0.05) is 6.07 Å². The first kappa shape index (κ1) is 7.85. The zero-order valence-corrected chi connectivity index (χ0v) is 8.27. The van der Waals surface area contributed by atoms with E-state index in [0.717, 1.165) is 0 Å². The lowest BCUT2D eigenvalue weighted by atomic mass is 10.2. The monoisotopic (exact) mass is 247 g/mol. The van der Waals surface area contributed by atoms with Crippen LogP contribution in [0.5, 0.6) is 0 Å². The summed E-state index contributed by atoms with van der Waals surface area (Å²) >= 11 is 2.33. The number of benzene rings is 1. The van der Waals surface area contributed by atoms with Gasteiger partial charge in [0.25, 0.3) is 0 Å². The van der Waals surface area contributed by atoms with Gasteiger partial charge in [0.2, 0.25) is 0 Å². The van der Waals surface area contributed by atoms with E-state index in [9.17, 15) is 0 Å². The molecule has 0 aromatic heterocycles. The molecule has 0 radical (unpaired) electrons. The van der Waals surface area contributed by atoms with Gasteiger partial charge in [-0.2, -0.15) is 0 Å². The van der Waals surface area contributed by atoms with Gasteiger partial charge in [-0.3, -0.25) is 0 Å². The Bertz CT molecular complexity index is 233. The molecule has 1 nitrogen and oxygen atoms in total. The van der Waals surface area contributed by atoms with Crippen LogP contribution in [0, 0.1) is 10.5 Å². The van der Waals surface area contributed by atoms with Crippen molar-refractivity contribution in [3.05, 3.63) is 27.3 Å². The SMILES string of the molecule is CNc1cccc(I)c1C. The average Bonchev–Trinajstić information content (AvgIpc) is 1.95. The van der Waals surface area contributed by atoms with E-state index in [0.29, 0.717) is 0 Å². The molecule has 1 aromatic rings. The fraction of sp³-hybridized carbons (Fsp3) is 0.250. The summed E-state index contributed by atoms with van der Waals surface area (Å²) < 4.78 is 1.31. The van der Waals surface area contributed by atoms with Crippen molar-refractivity contribution in [3.63, 3.8) is 0 Å². The molecule has 0 heterocycles. The Labute approximate surface area is 75.0 Å². The Balaban J connectivity index is 3.14. The zero-order chi connectivity index (χ0) is 7.56. The first-order chi connectivity index (χ1) is 4.75. The molecule has 0 spiro atoms. The maximum Gasteiger partial charge on any atom is 0.0377 e. The minimum absolute atomic E-state index is 1.21. The van der Waals surface area contributed by atoms with Crippen LogP contribution >= 0.6 is 22.6 Å². The molecule has 1 rings (SSSR count). The standard InChI is InChI=1S/C8H10IN/c1-6-7(9)4-3-5-8(6)10-2/h3-5,10H,1-2H3. The fourth-order valence-corrected chi connectivity index (χ4v) is 1.38. The minimum Gasteiger partial charge on any atom is -0.388 e. The van der Waals surface area contributed by atoms with Gasteiger partial charge in [-0.25, -0.2) is 0 Å². The van der Waals surface area contributed by atoms with Crippen LogP contribution in [-0.2, 0) is 0 Å². The van der Waals surface area contributed by atoms with Gasteiger partial charge in [0.15, 0.2) is 0 Å². The number of rotatable bonds is 1. The van der Waals surface area contributed by atoms with E-state index in [1.165, 1.54) is 14.8 Å². The van der Waals surface area contributed by atoms with Gasteiger partial charge in [0, 0.05) is 16.3 Å². The molecular formula is C8H10IN. The predicted octanol–water partition coefficient (Wildman–Crippen LogP) is 2.64. The number of hydrogen-bond acceptors (Lipinski definition) is 1. The van der Waals surface area contributed by atoms with Gasteiger partial charge >= 0.3 is 0 Å². The summed E-state index contributed by atoms with van der Waals surface area (Å²) in [5.74, 6) is 0. The second-order valence-corrected chi connectivity index (χ2v) is 3.32. The summed E-state index contributed by atoms with van der Waals surface area (Å²) in [6.07, 6.45) is 0. The second kappa shape index (κ2) is 3.23. The normalized spacial score (nSPS) is 9.50. The first-order valence-corrected chi connectivity index (χ1v) is 4.26. The quantitative estimate of drug-likeness (QED) is 0.752. The van der Waals surface area contributed by atoms with Gasteiger partial charge in [0.1, 0.15) is 0 Å². The van der Waals surface area contributed by atoms with Crippen LogP contribution in [0.25, 0.3) is 0 Å². The number of nitrogens with one attached hydrogen (secondary N) is 1. The lowest BCUT2D eigenvalue weighted by Gasteiger charge is -2.04. The molecule has 54 valence electrons. The van der Waals surface area contributed by atoms with Crippen molar-refractivity contribution >= 4 is 28.3 Å². The van der Waals surface area contributed by atoms with Gasteiger partial charge in [-0.05, 0) is 47.2 Å². The van der Waals surface area contributed by atoms with Crippen LogP contribution in [0.4, 0.5) is 5.69 Å². The Hall–Kier alpha value is -0.250. The van der Waals surface area contributed by atoms with Gasteiger partial charge in [0.05, 0.1) is 0 Å². The molecular weight excluding hydrogens is 237 g/mol. The molecule has 0 fully saturated rings. The summed E-state index contributed by atoms with van der Waals surface area (Å²) in [4.78, 5) is 0. The van der Waals surface area contributed by atoms with Crippen LogP contribution in [0.15, 0.2) is 18.2 Å². The van der Waals surface area contributed by atoms with E-state index in [1.54, 1.807) is 0 Å². The van der Waals surface area contributed by atoms with Crippen LogP contribution in [-0.4, -0.2) is 7.05 Å². The number of anilines is 1. The van der Waals surface area contributed by atoms with Crippen molar-refractivity contribution in [2.24, 2.45) is 0 Å². The average molecular weight is 247 g/mol. The Morgan fingerprint density at radius 1 is 1.40 bits per heavy atom. The topological polar surface area (TPSA) is 12.0 Å². The Morgan fingerprint density at radius 2 is 2.10 bits per heavy atom. The predicted molar refractivity (Wildman–Crippen MR) is 53.4 cm³/mol. The van der Waals surface area contributed by atoms with E-state index in [-0.39, 0.29) is 0 Å². The highest BCUT2D eigenvalue weighted by Crippen LogP contribution is 2.19. The second-order valence-electron chi connectivity index (χ2n) is 2.16. The molecule has 0 bridgehead atoms. The molecule has 0 aliphatic heterocycles.